The van der Waals surface area contributed by atoms with Crippen LogP contribution in [0.4, 0.5) is 5.69 Å². The first-order chi connectivity index (χ1) is 11.3. The number of methoxy groups -OCH3 is 1. The molecule has 0 saturated carbocycles. The number of nitrogens with one attached hydrogen (secondary N) is 1. The molecule has 0 fully saturated rings. The van der Waals surface area contributed by atoms with Crippen LogP contribution in [0.1, 0.15) is 5.56 Å². The molecule has 0 aliphatic heterocycles. The second-order valence-corrected chi connectivity index (χ2v) is 7.15. The molecule has 0 amide bonds. The quantitative estimate of drug-likeness (QED) is 0.390. The molecule has 0 aliphatic rings. The average Bonchev–Trinajstić information content (AvgIpc) is 2.56. The summed E-state index contributed by atoms with van der Waals surface area (Å²) < 4.78 is 29.7. The number of hydrazone groups is 1. The van der Waals surface area contributed by atoms with Crippen LogP contribution in [0.25, 0.3) is 0 Å². The van der Waals surface area contributed by atoms with E-state index in [1.807, 2.05) is 19.1 Å². The number of benzene rings is 2. The van der Waals surface area contributed by atoms with Crippen molar-refractivity contribution in [1.29, 1.82) is 0 Å². The number of hydrogen-bond donors (Lipinski definition) is 1. The summed E-state index contributed by atoms with van der Waals surface area (Å²) in [5.74, 6) is -1.07. The first kappa shape index (κ1) is 18.0. The number of ether oxygens (including phenoxy) is 1. The molecule has 0 spiro atoms. The summed E-state index contributed by atoms with van der Waals surface area (Å²) in [6.45, 7) is 1.91. The molecule has 0 aliphatic carbocycles. The van der Waals surface area contributed by atoms with Crippen molar-refractivity contribution in [3.05, 3.63) is 59.1 Å². The Morgan fingerprint density at radius 1 is 1.08 bits per heavy atom. The van der Waals surface area contributed by atoms with Gasteiger partial charge in [-0.2, -0.15) is 5.10 Å². The van der Waals surface area contributed by atoms with E-state index >= 15 is 0 Å². The first-order valence-electron chi connectivity index (χ1n) is 6.84. The zero-order valence-electron chi connectivity index (χ0n) is 13.0. The van der Waals surface area contributed by atoms with Gasteiger partial charge in [0.05, 0.1) is 17.7 Å². The molecule has 0 bridgehead atoms. The maximum atomic E-state index is 12.6. The van der Waals surface area contributed by atoms with Crippen LogP contribution >= 0.6 is 11.6 Å². The van der Waals surface area contributed by atoms with Crippen LogP contribution in [0, 0.1) is 6.92 Å². The molecule has 2 aromatic carbocycles. The molecule has 2 aromatic rings. The summed E-state index contributed by atoms with van der Waals surface area (Å²) in [4.78, 5) is 11.8. The summed E-state index contributed by atoms with van der Waals surface area (Å²) >= 11 is 5.76. The van der Waals surface area contributed by atoms with Crippen LogP contribution in [0.5, 0.6) is 0 Å². The average molecular weight is 367 g/mol. The minimum absolute atomic E-state index is 0.109. The molecule has 24 heavy (non-hydrogen) atoms. The summed E-state index contributed by atoms with van der Waals surface area (Å²) in [6.07, 6.45) is 0. The Balaban J connectivity index is 2.40. The van der Waals surface area contributed by atoms with Gasteiger partial charge >= 0.3 is 5.97 Å². The molecular formula is C16H15ClN2O4S. The third kappa shape index (κ3) is 4.12. The van der Waals surface area contributed by atoms with Crippen LogP contribution in [0.15, 0.2) is 58.5 Å². The lowest BCUT2D eigenvalue weighted by molar-refractivity contribution is -0.132. The lowest BCUT2D eigenvalue weighted by atomic mass is 10.2. The van der Waals surface area contributed by atoms with Gasteiger partial charge in [0.1, 0.15) is 0 Å². The van der Waals surface area contributed by atoms with Crippen molar-refractivity contribution in [3.63, 3.8) is 0 Å². The smallest absolute Gasteiger partial charge is 0.370 e. The number of halogens is 1. The van der Waals surface area contributed by atoms with E-state index in [2.05, 4.69) is 15.3 Å². The molecular weight excluding hydrogens is 352 g/mol. The van der Waals surface area contributed by atoms with Crippen molar-refractivity contribution in [2.45, 2.75) is 11.8 Å². The van der Waals surface area contributed by atoms with Crippen molar-refractivity contribution in [2.24, 2.45) is 5.10 Å². The molecule has 0 radical (unpaired) electrons. The Morgan fingerprint density at radius 3 is 2.21 bits per heavy atom. The van der Waals surface area contributed by atoms with E-state index in [1.165, 1.54) is 24.3 Å². The highest BCUT2D eigenvalue weighted by Gasteiger charge is 2.30. The van der Waals surface area contributed by atoms with Gasteiger partial charge in [-0.1, -0.05) is 29.3 Å². The van der Waals surface area contributed by atoms with E-state index in [1.54, 1.807) is 12.1 Å². The number of hydrogen-bond acceptors (Lipinski definition) is 6. The third-order valence-electron chi connectivity index (χ3n) is 3.08. The maximum absolute atomic E-state index is 12.6. The van der Waals surface area contributed by atoms with Crippen molar-refractivity contribution >= 4 is 38.1 Å². The van der Waals surface area contributed by atoms with Crippen LogP contribution in [0.2, 0.25) is 5.02 Å². The lowest BCUT2D eigenvalue weighted by Crippen LogP contribution is -2.27. The summed E-state index contributed by atoms with van der Waals surface area (Å²) in [6, 6.07) is 12.5. The van der Waals surface area contributed by atoms with Crippen LogP contribution in [-0.4, -0.2) is 26.5 Å². The highest BCUT2D eigenvalue weighted by atomic mass is 35.5. The Kier molecular flexibility index (Phi) is 5.58. The first-order valence-corrected chi connectivity index (χ1v) is 8.70. The van der Waals surface area contributed by atoms with Crippen LogP contribution in [0.3, 0.4) is 0 Å². The van der Waals surface area contributed by atoms with Crippen molar-refractivity contribution < 1.29 is 17.9 Å². The Morgan fingerprint density at radius 2 is 1.67 bits per heavy atom. The second kappa shape index (κ2) is 7.46. The van der Waals surface area contributed by atoms with E-state index < -0.39 is 20.9 Å². The molecule has 126 valence electrons. The number of anilines is 1. The van der Waals surface area contributed by atoms with Gasteiger partial charge in [0.25, 0.3) is 5.04 Å². The number of aryl methyl sites for hydroxylation is 1. The molecule has 8 heteroatoms. The van der Waals surface area contributed by atoms with Crippen molar-refractivity contribution in [2.75, 3.05) is 12.5 Å². The molecule has 0 saturated heterocycles. The van der Waals surface area contributed by atoms with Gasteiger partial charge in [0.2, 0.25) is 9.84 Å². The van der Waals surface area contributed by atoms with Crippen LogP contribution < -0.4 is 5.43 Å². The molecule has 0 unspecified atom stereocenters. The molecule has 6 nitrogen and oxygen atoms in total. The van der Waals surface area contributed by atoms with Crippen molar-refractivity contribution in [3.8, 4) is 0 Å². The van der Waals surface area contributed by atoms with Crippen molar-refractivity contribution in [1.82, 2.24) is 0 Å². The molecule has 0 atom stereocenters. The zero-order chi connectivity index (χ0) is 17.7. The van der Waals surface area contributed by atoms with Gasteiger partial charge in [-0.3, -0.25) is 5.43 Å². The Hall–Kier alpha value is -2.38. The van der Waals surface area contributed by atoms with Gasteiger partial charge in [-0.15, -0.1) is 0 Å². The molecule has 2 rings (SSSR count). The number of sulfone groups is 1. The largest absolute Gasteiger partial charge is 0.464 e. The third-order valence-corrected chi connectivity index (χ3v) is 4.99. The van der Waals surface area contributed by atoms with E-state index in [0.717, 1.165) is 12.7 Å². The lowest BCUT2D eigenvalue weighted by Gasteiger charge is -2.08. The number of rotatable bonds is 3. The standard InChI is InChI=1S/C16H15ClN2O4S/c1-11-3-7-13(8-4-11)18-19-15(16(20)23-2)24(21,22)14-9-5-12(17)6-10-14/h3-10,18H,1-2H3. The van der Waals surface area contributed by atoms with Gasteiger partial charge in [-0.05, 0) is 43.3 Å². The predicted molar refractivity (Wildman–Crippen MR) is 92.9 cm³/mol. The number of carbonyl (C=O) groups excluding carboxylic acids is 1. The fourth-order valence-corrected chi connectivity index (χ4v) is 3.08. The van der Waals surface area contributed by atoms with E-state index in [0.29, 0.717) is 10.7 Å². The molecule has 0 heterocycles. The summed E-state index contributed by atoms with van der Waals surface area (Å²) in [7, 11) is -3.07. The topological polar surface area (TPSA) is 84.8 Å². The minimum atomic E-state index is -4.15. The summed E-state index contributed by atoms with van der Waals surface area (Å²) in [5.41, 5.74) is 4.13. The predicted octanol–water partition coefficient (Wildman–Crippen LogP) is 3.02. The SMILES string of the molecule is COC(=O)C(=NNc1ccc(C)cc1)S(=O)(=O)c1ccc(Cl)cc1. The van der Waals surface area contributed by atoms with Gasteiger partial charge in [-0.25, -0.2) is 13.2 Å². The fraction of sp³-hybridized carbons (Fsp3) is 0.125. The molecule has 1 N–H and O–H groups in total. The summed E-state index contributed by atoms with van der Waals surface area (Å²) in [5, 5.41) is 3.37. The minimum Gasteiger partial charge on any atom is -0.464 e. The number of nitrogens with zero attached hydrogens (tertiary/aromatic N) is 1. The Bertz CT molecular complexity index is 860. The zero-order valence-corrected chi connectivity index (χ0v) is 14.6. The Labute approximate surface area is 145 Å². The monoisotopic (exact) mass is 366 g/mol. The number of carbonyl (C=O) groups is 1. The highest BCUT2D eigenvalue weighted by molar-refractivity contribution is 8.08. The van der Waals surface area contributed by atoms with E-state index in [-0.39, 0.29) is 4.90 Å². The van der Waals surface area contributed by atoms with E-state index in [9.17, 15) is 13.2 Å². The normalized spacial score (nSPS) is 11.9. The highest BCUT2D eigenvalue weighted by Crippen LogP contribution is 2.18. The van der Waals surface area contributed by atoms with Gasteiger partial charge in [0, 0.05) is 5.02 Å². The fourth-order valence-electron chi connectivity index (χ4n) is 1.77. The van der Waals surface area contributed by atoms with Gasteiger partial charge in [0.15, 0.2) is 0 Å². The van der Waals surface area contributed by atoms with E-state index in [4.69, 9.17) is 11.6 Å². The van der Waals surface area contributed by atoms with Crippen LogP contribution in [-0.2, 0) is 19.4 Å². The second-order valence-electron chi connectivity index (χ2n) is 4.84. The maximum Gasteiger partial charge on any atom is 0.370 e. The number of esters is 1. The molecule has 0 aromatic heterocycles. The van der Waals surface area contributed by atoms with Gasteiger partial charge < -0.3 is 4.74 Å².